The Kier molecular flexibility index (Phi) is 3.58. The van der Waals surface area contributed by atoms with E-state index in [2.05, 4.69) is 0 Å². The second kappa shape index (κ2) is 5.11. The Morgan fingerprint density at radius 2 is 2.30 bits per heavy atom. The van der Waals surface area contributed by atoms with Gasteiger partial charge in [-0.05, 0) is 33.3 Å². The molecule has 5 heteroatoms. The summed E-state index contributed by atoms with van der Waals surface area (Å²) < 4.78 is 11.4. The molecule has 1 amide bonds. The number of ether oxygens (including phenoxy) is 1. The molecule has 0 aliphatic carbocycles. The molecule has 0 saturated carbocycles. The number of rotatable bonds is 3. The molecule has 1 atom stereocenters. The third kappa shape index (κ3) is 2.37. The molecule has 2 saturated heterocycles. The molecule has 1 aromatic rings. The van der Waals surface area contributed by atoms with Gasteiger partial charge < -0.3 is 14.1 Å². The van der Waals surface area contributed by atoms with Gasteiger partial charge in [-0.15, -0.1) is 11.8 Å². The first-order valence-electron chi connectivity index (χ1n) is 7.15. The van der Waals surface area contributed by atoms with Gasteiger partial charge in [0.1, 0.15) is 11.5 Å². The predicted octanol–water partition coefficient (Wildman–Crippen LogP) is 2.63. The van der Waals surface area contributed by atoms with Gasteiger partial charge in [0.15, 0.2) is 0 Å². The Hall–Kier alpha value is -0.940. The molecule has 0 aromatic carbocycles. The molecule has 3 heterocycles. The minimum atomic E-state index is 0.102. The lowest BCUT2D eigenvalue weighted by atomic mass is 9.92. The number of thioether (sulfide) groups is 1. The summed E-state index contributed by atoms with van der Waals surface area (Å²) in [5.41, 5.74) is 0.710. The van der Waals surface area contributed by atoms with Crippen molar-refractivity contribution in [3.63, 3.8) is 0 Å². The Morgan fingerprint density at radius 3 is 2.90 bits per heavy atom. The summed E-state index contributed by atoms with van der Waals surface area (Å²) in [4.78, 5) is 14.4. The maximum Gasteiger partial charge on any atom is 0.257 e. The third-order valence-corrected chi connectivity index (χ3v) is 5.67. The molecule has 0 unspecified atom stereocenters. The van der Waals surface area contributed by atoms with E-state index in [-0.39, 0.29) is 10.7 Å². The molecule has 0 bridgehead atoms. The Bertz CT molecular complexity index is 519. The van der Waals surface area contributed by atoms with Crippen molar-refractivity contribution < 1.29 is 13.9 Å². The Labute approximate surface area is 123 Å². The highest BCUT2D eigenvalue weighted by Crippen LogP contribution is 2.46. The number of carbonyl (C=O) groups excluding carboxylic acids is 1. The zero-order valence-corrected chi connectivity index (χ0v) is 13.1. The Morgan fingerprint density at radius 1 is 1.55 bits per heavy atom. The fourth-order valence-electron chi connectivity index (χ4n) is 3.17. The smallest absolute Gasteiger partial charge is 0.257 e. The van der Waals surface area contributed by atoms with Crippen LogP contribution in [0.2, 0.25) is 0 Å². The number of aryl methyl sites for hydroxylation is 2. The zero-order chi connectivity index (χ0) is 14.3. The molecule has 2 aliphatic heterocycles. The minimum Gasteiger partial charge on any atom is -0.466 e. The van der Waals surface area contributed by atoms with Crippen LogP contribution in [-0.4, -0.2) is 47.1 Å². The molecule has 0 radical (unpaired) electrons. The lowest BCUT2D eigenvalue weighted by molar-refractivity contribution is 0.0358. The first-order chi connectivity index (χ1) is 9.53. The van der Waals surface area contributed by atoms with Crippen molar-refractivity contribution in [2.24, 2.45) is 0 Å². The van der Waals surface area contributed by atoms with Crippen LogP contribution in [-0.2, 0) is 4.74 Å². The van der Waals surface area contributed by atoms with E-state index in [1.165, 1.54) is 0 Å². The lowest BCUT2D eigenvalue weighted by Crippen LogP contribution is -2.60. The van der Waals surface area contributed by atoms with Crippen LogP contribution in [0.1, 0.15) is 35.2 Å². The van der Waals surface area contributed by atoms with Gasteiger partial charge in [-0.1, -0.05) is 0 Å². The zero-order valence-electron chi connectivity index (χ0n) is 12.3. The summed E-state index contributed by atoms with van der Waals surface area (Å²) in [5, 5.41) is 0. The van der Waals surface area contributed by atoms with Crippen LogP contribution in [0.5, 0.6) is 0 Å². The van der Waals surface area contributed by atoms with E-state index in [4.69, 9.17) is 9.15 Å². The molecule has 1 spiro atoms. The van der Waals surface area contributed by atoms with Crippen molar-refractivity contribution in [2.75, 3.05) is 25.4 Å². The topological polar surface area (TPSA) is 42.7 Å². The monoisotopic (exact) mass is 295 g/mol. The van der Waals surface area contributed by atoms with Gasteiger partial charge in [0.2, 0.25) is 0 Å². The molecule has 1 aromatic heterocycles. The van der Waals surface area contributed by atoms with Crippen molar-refractivity contribution in [2.45, 2.75) is 38.0 Å². The standard InChI is InChI=1S/C15H21NO3S/c1-4-18-12-6-15(20-7-12)8-16(9-15)14(17)13-5-10(2)19-11(13)3/h5,12H,4,6-9H2,1-3H3/t12-/m0/s1. The molecule has 4 nitrogen and oxygen atoms in total. The number of likely N-dealkylation sites (tertiary alicyclic amines) is 1. The van der Waals surface area contributed by atoms with Crippen LogP contribution in [0.4, 0.5) is 0 Å². The van der Waals surface area contributed by atoms with E-state index in [0.29, 0.717) is 11.7 Å². The van der Waals surface area contributed by atoms with Gasteiger partial charge in [0.05, 0.1) is 16.4 Å². The van der Waals surface area contributed by atoms with Gasteiger partial charge in [-0.3, -0.25) is 4.79 Å². The van der Waals surface area contributed by atoms with Gasteiger partial charge in [-0.25, -0.2) is 0 Å². The number of furan rings is 1. The van der Waals surface area contributed by atoms with Crippen molar-refractivity contribution in [3.05, 3.63) is 23.2 Å². The average molecular weight is 295 g/mol. The van der Waals surface area contributed by atoms with Crippen LogP contribution in [0.3, 0.4) is 0 Å². The highest BCUT2D eigenvalue weighted by atomic mass is 32.2. The van der Waals surface area contributed by atoms with Crippen LogP contribution in [0.25, 0.3) is 0 Å². The molecule has 3 rings (SSSR count). The van der Waals surface area contributed by atoms with Crippen LogP contribution >= 0.6 is 11.8 Å². The third-order valence-electron chi connectivity index (χ3n) is 4.09. The number of nitrogens with zero attached hydrogens (tertiary/aromatic N) is 1. The molecule has 0 N–H and O–H groups in total. The molecular weight excluding hydrogens is 274 g/mol. The number of amides is 1. The normalized spacial score (nSPS) is 24.1. The second-order valence-corrected chi connectivity index (χ2v) is 7.25. The Balaban J connectivity index is 1.61. The average Bonchev–Trinajstić information content (AvgIpc) is 2.91. The van der Waals surface area contributed by atoms with Gasteiger partial charge in [0, 0.05) is 25.4 Å². The largest absolute Gasteiger partial charge is 0.466 e. The predicted molar refractivity (Wildman–Crippen MR) is 79.3 cm³/mol. The summed E-state index contributed by atoms with van der Waals surface area (Å²) in [6.07, 6.45) is 1.43. The van der Waals surface area contributed by atoms with Gasteiger partial charge in [0.25, 0.3) is 5.91 Å². The first-order valence-corrected chi connectivity index (χ1v) is 8.13. The summed E-state index contributed by atoms with van der Waals surface area (Å²) >= 11 is 1.96. The van der Waals surface area contributed by atoms with Gasteiger partial charge in [-0.2, -0.15) is 0 Å². The molecule has 110 valence electrons. The molecule has 2 fully saturated rings. The number of carbonyl (C=O) groups is 1. The fourth-order valence-corrected chi connectivity index (χ4v) is 4.72. The van der Waals surface area contributed by atoms with Crippen LogP contribution in [0.15, 0.2) is 10.5 Å². The van der Waals surface area contributed by atoms with E-state index in [1.54, 1.807) is 0 Å². The van der Waals surface area contributed by atoms with Crippen molar-refractivity contribution in [3.8, 4) is 0 Å². The molecule has 20 heavy (non-hydrogen) atoms. The van der Waals surface area contributed by atoms with E-state index in [9.17, 15) is 4.79 Å². The van der Waals surface area contributed by atoms with Crippen LogP contribution in [0, 0.1) is 13.8 Å². The van der Waals surface area contributed by atoms with E-state index < -0.39 is 0 Å². The summed E-state index contributed by atoms with van der Waals surface area (Å²) in [6.45, 7) is 8.22. The van der Waals surface area contributed by atoms with E-state index >= 15 is 0 Å². The van der Waals surface area contributed by atoms with Crippen molar-refractivity contribution >= 4 is 17.7 Å². The van der Waals surface area contributed by atoms with Crippen molar-refractivity contribution in [1.82, 2.24) is 4.90 Å². The molecular formula is C15H21NO3S. The van der Waals surface area contributed by atoms with E-state index in [0.717, 1.165) is 43.4 Å². The second-order valence-electron chi connectivity index (χ2n) is 5.76. The van der Waals surface area contributed by atoms with Crippen LogP contribution < -0.4 is 0 Å². The van der Waals surface area contributed by atoms with Crippen molar-refractivity contribution in [1.29, 1.82) is 0 Å². The minimum absolute atomic E-state index is 0.102. The highest BCUT2D eigenvalue weighted by molar-refractivity contribution is 8.01. The maximum absolute atomic E-state index is 12.4. The first kappa shape index (κ1) is 14.0. The summed E-state index contributed by atoms with van der Waals surface area (Å²) in [7, 11) is 0. The quantitative estimate of drug-likeness (QED) is 0.860. The summed E-state index contributed by atoms with van der Waals surface area (Å²) in [6, 6.07) is 1.84. The summed E-state index contributed by atoms with van der Waals surface area (Å²) in [5.74, 6) is 2.68. The number of hydrogen-bond acceptors (Lipinski definition) is 4. The highest BCUT2D eigenvalue weighted by Gasteiger charge is 2.51. The fraction of sp³-hybridized carbons (Fsp3) is 0.667. The number of hydrogen-bond donors (Lipinski definition) is 0. The molecule has 2 aliphatic rings. The van der Waals surface area contributed by atoms with E-state index in [1.807, 2.05) is 43.5 Å². The lowest BCUT2D eigenvalue weighted by Gasteiger charge is -2.47. The SMILES string of the molecule is CCO[C@@H]1CSC2(C1)CN(C(=O)c1cc(C)oc1C)C2. The van der Waals surface area contributed by atoms with Gasteiger partial charge >= 0.3 is 0 Å². The maximum atomic E-state index is 12.4.